The third kappa shape index (κ3) is 8.76. The highest BCUT2D eigenvalue weighted by atomic mass is 127. The van der Waals surface area contributed by atoms with Crippen molar-refractivity contribution < 1.29 is 9.47 Å². The van der Waals surface area contributed by atoms with Crippen LogP contribution in [0.3, 0.4) is 0 Å². The Bertz CT molecular complexity index is 569. The average Bonchev–Trinajstić information content (AvgIpc) is 3.08. The summed E-state index contributed by atoms with van der Waals surface area (Å²) in [5.74, 6) is 1.54. The number of hydrogen-bond donors (Lipinski definition) is 1. The molecule has 0 aliphatic carbocycles. The van der Waals surface area contributed by atoms with Crippen LogP contribution in [0.4, 0.5) is 0 Å². The van der Waals surface area contributed by atoms with E-state index in [1.165, 1.54) is 11.1 Å². The highest BCUT2D eigenvalue weighted by Gasteiger charge is 2.24. The summed E-state index contributed by atoms with van der Waals surface area (Å²) < 4.78 is 10.7. The van der Waals surface area contributed by atoms with Gasteiger partial charge in [-0.05, 0) is 31.6 Å². The maximum Gasteiger partial charge on any atom is 0.193 e. The molecule has 1 heterocycles. The Labute approximate surface area is 181 Å². The highest BCUT2D eigenvalue weighted by molar-refractivity contribution is 14.0. The minimum Gasteiger partial charge on any atom is -0.382 e. The molecular formula is C20H35IN4O2. The van der Waals surface area contributed by atoms with E-state index in [2.05, 4.69) is 58.5 Å². The first-order valence-electron chi connectivity index (χ1n) is 9.37. The van der Waals surface area contributed by atoms with Gasteiger partial charge in [0.1, 0.15) is 0 Å². The van der Waals surface area contributed by atoms with Crippen molar-refractivity contribution in [3.05, 3.63) is 35.4 Å². The predicted molar refractivity (Wildman–Crippen MR) is 122 cm³/mol. The van der Waals surface area contributed by atoms with Crippen molar-refractivity contribution in [2.24, 2.45) is 10.9 Å². The van der Waals surface area contributed by atoms with Crippen LogP contribution in [0.15, 0.2) is 29.3 Å². The van der Waals surface area contributed by atoms with Gasteiger partial charge in [0.2, 0.25) is 0 Å². The summed E-state index contributed by atoms with van der Waals surface area (Å²) in [4.78, 5) is 8.97. The Morgan fingerprint density at radius 3 is 2.78 bits per heavy atom. The number of ether oxygens (including phenoxy) is 2. The summed E-state index contributed by atoms with van der Waals surface area (Å²) in [7, 11) is 7.74. The molecule has 6 nitrogen and oxygen atoms in total. The first-order valence-corrected chi connectivity index (χ1v) is 9.37. The normalized spacial score (nSPS) is 17.3. The van der Waals surface area contributed by atoms with E-state index < -0.39 is 0 Å². The van der Waals surface area contributed by atoms with Crippen molar-refractivity contribution in [3.63, 3.8) is 0 Å². The van der Waals surface area contributed by atoms with Crippen LogP contribution < -0.4 is 5.32 Å². The first kappa shape index (κ1) is 24.1. The van der Waals surface area contributed by atoms with Crippen molar-refractivity contribution in [3.8, 4) is 0 Å². The Balaban J connectivity index is 0.00000364. The first-order chi connectivity index (χ1) is 12.6. The second kappa shape index (κ2) is 13.3. The summed E-state index contributed by atoms with van der Waals surface area (Å²) in [6, 6.07) is 8.72. The molecule has 1 fully saturated rings. The minimum absolute atomic E-state index is 0. The summed E-state index contributed by atoms with van der Waals surface area (Å²) in [6.45, 7) is 5.89. The topological polar surface area (TPSA) is 49.3 Å². The fourth-order valence-electron chi connectivity index (χ4n) is 3.27. The number of halogens is 1. The Hall–Kier alpha value is -0.900. The van der Waals surface area contributed by atoms with Gasteiger partial charge >= 0.3 is 0 Å². The summed E-state index contributed by atoms with van der Waals surface area (Å²) in [5.41, 5.74) is 2.61. The lowest BCUT2D eigenvalue weighted by Gasteiger charge is -2.22. The van der Waals surface area contributed by atoms with E-state index in [-0.39, 0.29) is 24.0 Å². The maximum atomic E-state index is 5.68. The lowest BCUT2D eigenvalue weighted by molar-refractivity contribution is 0.0536. The molecule has 1 aromatic rings. The Morgan fingerprint density at radius 2 is 2.07 bits per heavy atom. The number of nitrogens with zero attached hydrogens (tertiary/aromatic N) is 3. The number of benzene rings is 1. The molecule has 1 aliphatic heterocycles. The van der Waals surface area contributed by atoms with Gasteiger partial charge in [-0.3, -0.25) is 4.99 Å². The zero-order chi connectivity index (χ0) is 18.8. The van der Waals surface area contributed by atoms with E-state index >= 15 is 0 Å². The van der Waals surface area contributed by atoms with Crippen LogP contribution in [0.5, 0.6) is 0 Å². The third-order valence-electron chi connectivity index (χ3n) is 4.52. The molecule has 1 saturated heterocycles. The largest absolute Gasteiger partial charge is 0.382 e. The fraction of sp³-hybridized carbons (Fsp3) is 0.650. The molecule has 7 heteroatoms. The van der Waals surface area contributed by atoms with Gasteiger partial charge in [0.15, 0.2) is 5.96 Å². The second-order valence-electron chi connectivity index (χ2n) is 7.13. The highest BCUT2D eigenvalue weighted by Crippen LogP contribution is 2.17. The lowest BCUT2D eigenvalue weighted by Crippen LogP contribution is -2.39. The van der Waals surface area contributed by atoms with Crippen LogP contribution in [-0.4, -0.2) is 76.9 Å². The molecule has 1 unspecified atom stereocenters. The van der Waals surface area contributed by atoms with Crippen LogP contribution >= 0.6 is 24.0 Å². The molecule has 0 spiro atoms. The number of likely N-dealkylation sites (tertiary alicyclic amines) is 1. The minimum atomic E-state index is 0. The lowest BCUT2D eigenvalue weighted by atomic mass is 10.1. The molecule has 154 valence electrons. The molecule has 27 heavy (non-hydrogen) atoms. The number of aliphatic imine (C=N–C) groups is 1. The second-order valence-corrected chi connectivity index (χ2v) is 7.13. The van der Waals surface area contributed by atoms with E-state index in [9.17, 15) is 0 Å². The van der Waals surface area contributed by atoms with Crippen LogP contribution in [-0.2, 0) is 22.6 Å². The third-order valence-corrected chi connectivity index (χ3v) is 4.52. The van der Waals surface area contributed by atoms with Gasteiger partial charge in [-0.1, -0.05) is 24.3 Å². The SMILES string of the molecule is CN=C(NCc1cccc(CN(C)C)c1)N1CCC(COCCOC)C1.I. The average molecular weight is 490 g/mol. The van der Waals surface area contributed by atoms with E-state index in [1.807, 2.05) is 7.05 Å². The molecule has 2 rings (SSSR count). The zero-order valence-corrected chi connectivity index (χ0v) is 19.4. The van der Waals surface area contributed by atoms with Crippen LogP contribution in [0.2, 0.25) is 0 Å². The number of rotatable bonds is 9. The van der Waals surface area contributed by atoms with Gasteiger partial charge in [0.25, 0.3) is 0 Å². The summed E-state index contributed by atoms with van der Waals surface area (Å²) in [6.07, 6.45) is 1.14. The molecule has 1 aromatic carbocycles. The summed E-state index contributed by atoms with van der Waals surface area (Å²) in [5, 5.41) is 3.51. The van der Waals surface area contributed by atoms with Crippen molar-refractivity contribution >= 4 is 29.9 Å². The molecule has 0 bridgehead atoms. The monoisotopic (exact) mass is 490 g/mol. The molecule has 1 aliphatic rings. The number of methoxy groups -OCH3 is 1. The molecule has 0 aromatic heterocycles. The van der Waals surface area contributed by atoms with Gasteiger partial charge in [0.05, 0.1) is 19.8 Å². The molecule has 0 radical (unpaired) electrons. The van der Waals surface area contributed by atoms with E-state index in [4.69, 9.17) is 9.47 Å². The van der Waals surface area contributed by atoms with E-state index in [1.54, 1.807) is 7.11 Å². The molecule has 0 saturated carbocycles. The number of hydrogen-bond acceptors (Lipinski definition) is 4. The van der Waals surface area contributed by atoms with Crippen LogP contribution in [0.1, 0.15) is 17.5 Å². The van der Waals surface area contributed by atoms with Crippen LogP contribution in [0.25, 0.3) is 0 Å². The molecular weight excluding hydrogens is 455 g/mol. The van der Waals surface area contributed by atoms with Crippen molar-refractivity contribution in [1.29, 1.82) is 0 Å². The Morgan fingerprint density at radius 1 is 1.30 bits per heavy atom. The van der Waals surface area contributed by atoms with Gasteiger partial charge in [-0.15, -0.1) is 24.0 Å². The van der Waals surface area contributed by atoms with Crippen LogP contribution in [0, 0.1) is 5.92 Å². The van der Waals surface area contributed by atoms with Gasteiger partial charge < -0.3 is 24.6 Å². The zero-order valence-electron chi connectivity index (χ0n) is 17.1. The smallest absolute Gasteiger partial charge is 0.193 e. The van der Waals surface area contributed by atoms with Gasteiger partial charge in [-0.2, -0.15) is 0 Å². The van der Waals surface area contributed by atoms with Crippen molar-refractivity contribution in [2.75, 3.05) is 61.2 Å². The number of nitrogens with one attached hydrogen (secondary N) is 1. The van der Waals surface area contributed by atoms with Gasteiger partial charge in [-0.25, -0.2) is 0 Å². The van der Waals surface area contributed by atoms with E-state index in [0.29, 0.717) is 19.1 Å². The quantitative estimate of drug-likeness (QED) is 0.250. The van der Waals surface area contributed by atoms with Crippen molar-refractivity contribution in [2.45, 2.75) is 19.5 Å². The predicted octanol–water partition coefficient (Wildman–Crippen LogP) is 2.43. The molecule has 1 atom stereocenters. The molecule has 0 amide bonds. The van der Waals surface area contributed by atoms with E-state index in [0.717, 1.165) is 45.2 Å². The Kier molecular flexibility index (Phi) is 11.9. The fourth-order valence-corrected chi connectivity index (χ4v) is 3.27. The van der Waals surface area contributed by atoms with Crippen molar-refractivity contribution in [1.82, 2.24) is 15.1 Å². The number of guanidine groups is 1. The molecule has 1 N–H and O–H groups in total. The maximum absolute atomic E-state index is 5.68. The summed E-state index contributed by atoms with van der Waals surface area (Å²) >= 11 is 0. The van der Waals surface area contributed by atoms with Gasteiger partial charge in [0, 0.05) is 46.3 Å². The standard InChI is InChI=1S/C20H34N4O2.HI/c1-21-20(24-9-8-19(15-24)16-26-11-10-25-4)22-13-17-6-5-7-18(12-17)14-23(2)3;/h5-7,12,19H,8-11,13-16H2,1-4H3,(H,21,22);1H.